The molecule has 3 aromatic carbocycles. The third-order valence-electron chi connectivity index (χ3n) is 7.91. The Morgan fingerprint density at radius 2 is 1.60 bits per heavy atom. The van der Waals surface area contributed by atoms with E-state index in [9.17, 15) is 22.4 Å². The molecule has 0 aliphatic carbocycles. The number of ether oxygens (including phenoxy) is 1. The fourth-order valence-electron chi connectivity index (χ4n) is 5.42. The molecule has 1 fully saturated rings. The summed E-state index contributed by atoms with van der Waals surface area (Å²) >= 11 is 0. The highest BCUT2D eigenvalue weighted by molar-refractivity contribution is 7.87. The van der Waals surface area contributed by atoms with Gasteiger partial charge in [0.25, 0.3) is 0 Å². The minimum absolute atomic E-state index is 0.0314. The summed E-state index contributed by atoms with van der Waals surface area (Å²) in [5.74, 6) is -0.385. The van der Waals surface area contributed by atoms with E-state index >= 15 is 0 Å². The maximum atomic E-state index is 13.9. The molecule has 1 saturated heterocycles. The average molecular weight is 663 g/mol. The maximum Gasteiger partial charge on any atom is 0.410 e. The van der Waals surface area contributed by atoms with Gasteiger partial charge in [-0.15, -0.1) is 0 Å². The van der Waals surface area contributed by atoms with E-state index in [4.69, 9.17) is 8.92 Å². The predicted molar refractivity (Wildman–Crippen MR) is 176 cm³/mol. The van der Waals surface area contributed by atoms with Gasteiger partial charge >= 0.3 is 16.2 Å². The molecule has 1 aliphatic heterocycles. The highest BCUT2D eigenvalue weighted by Gasteiger charge is 2.34. The fourth-order valence-corrected chi connectivity index (χ4v) is 6.58. The summed E-state index contributed by atoms with van der Waals surface area (Å²) < 4.78 is 50.8. The van der Waals surface area contributed by atoms with E-state index in [2.05, 4.69) is 9.88 Å². The highest BCUT2D eigenvalue weighted by atomic mass is 32.2. The summed E-state index contributed by atoms with van der Waals surface area (Å²) in [6, 6.07) is 18.5. The van der Waals surface area contributed by atoms with Crippen LogP contribution in [0.3, 0.4) is 0 Å². The zero-order valence-corrected chi connectivity index (χ0v) is 27.7. The van der Waals surface area contributed by atoms with Crippen LogP contribution in [0.15, 0.2) is 90.1 Å². The van der Waals surface area contributed by atoms with Crippen LogP contribution in [-0.4, -0.2) is 85.0 Å². The topological polar surface area (TPSA) is 109 Å². The Hall–Kier alpha value is -4.55. The van der Waals surface area contributed by atoms with E-state index in [0.717, 1.165) is 5.56 Å². The number of aromatic nitrogens is 1. The number of nitrogens with zero attached hydrogens (tertiary/aromatic N) is 4. The molecule has 0 spiro atoms. The number of pyridine rings is 1. The highest BCUT2D eigenvalue weighted by Crippen LogP contribution is 2.26. The van der Waals surface area contributed by atoms with Crippen LogP contribution in [-0.2, 0) is 32.6 Å². The van der Waals surface area contributed by atoms with Crippen molar-refractivity contribution in [3.05, 3.63) is 102 Å². The molecule has 248 valence electrons. The molecule has 1 aliphatic rings. The number of halogens is 1. The second kappa shape index (κ2) is 14.1. The predicted octanol–water partition coefficient (Wildman–Crippen LogP) is 5.26. The number of fused-ring (bicyclic) bond motifs is 1. The molecule has 0 unspecified atom stereocenters. The van der Waals surface area contributed by atoms with Gasteiger partial charge in [-0.05, 0) is 68.3 Å². The van der Waals surface area contributed by atoms with E-state index in [1.807, 2.05) is 0 Å². The van der Waals surface area contributed by atoms with Crippen LogP contribution in [0.1, 0.15) is 31.9 Å². The maximum absolute atomic E-state index is 13.9. The molecule has 4 aromatic rings. The van der Waals surface area contributed by atoms with Gasteiger partial charge in [0.15, 0.2) is 0 Å². The number of hydrogen-bond donors (Lipinski definition) is 0. The number of amides is 2. The minimum Gasteiger partial charge on any atom is -0.444 e. The molecule has 1 aromatic heterocycles. The third-order valence-corrected chi connectivity index (χ3v) is 9.21. The van der Waals surface area contributed by atoms with Crippen molar-refractivity contribution in [2.24, 2.45) is 0 Å². The van der Waals surface area contributed by atoms with E-state index in [1.54, 1.807) is 81.4 Å². The fraction of sp³-hybridized carbons (Fsp3) is 0.343. The zero-order chi connectivity index (χ0) is 33.8. The monoisotopic (exact) mass is 662 g/mol. The largest absolute Gasteiger partial charge is 0.444 e. The minimum atomic E-state index is -4.15. The Bertz CT molecular complexity index is 1810. The number of carbonyl (C=O) groups is 2. The lowest BCUT2D eigenvalue weighted by Gasteiger charge is -2.38. The van der Waals surface area contributed by atoms with Gasteiger partial charge < -0.3 is 13.8 Å². The van der Waals surface area contributed by atoms with Crippen LogP contribution in [0.4, 0.5) is 9.18 Å². The van der Waals surface area contributed by atoms with Crippen molar-refractivity contribution in [3.8, 4) is 5.75 Å². The molecule has 5 rings (SSSR count). The van der Waals surface area contributed by atoms with Gasteiger partial charge in [0.2, 0.25) is 5.91 Å². The molecule has 12 heteroatoms. The van der Waals surface area contributed by atoms with Gasteiger partial charge in [-0.1, -0.05) is 36.4 Å². The van der Waals surface area contributed by atoms with Gasteiger partial charge in [-0.25, -0.2) is 9.18 Å². The molecular formula is C35H39FN4O6S. The molecule has 2 amide bonds. The molecule has 1 atom stereocenters. The van der Waals surface area contributed by atoms with Crippen molar-refractivity contribution < 1.29 is 31.3 Å². The first kappa shape index (κ1) is 33.8. The average Bonchev–Trinajstić information content (AvgIpc) is 3.04. The molecule has 0 radical (unpaired) electrons. The van der Waals surface area contributed by atoms with Crippen molar-refractivity contribution in [3.63, 3.8) is 0 Å². The lowest BCUT2D eigenvalue weighted by atomic mass is 10.0. The zero-order valence-electron chi connectivity index (χ0n) is 26.9. The summed E-state index contributed by atoms with van der Waals surface area (Å²) in [6.07, 6.45) is 2.66. The van der Waals surface area contributed by atoms with Crippen LogP contribution in [0.2, 0.25) is 0 Å². The Kier molecular flexibility index (Phi) is 10.1. The normalized spacial score (nSPS) is 14.9. The van der Waals surface area contributed by atoms with Gasteiger partial charge in [-0.3, -0.25) is 19.6 Å². The van der Waals surface area contributed by atoms with Crippen LogP contribution in [0, 0.1) is 5.82 Å². The summed E-state index contributed by atoms with van der Waals surface area (Å²) in [4.78, 5) is 36.4. The quantitative estimate of drug-likeness (QED) is 0.223. The van der Waals surface area contributed by atoms with Crippen LogP contribution >= 0.6 is 0 Å². The molecule has 2 heterocycles. The summed E-state index contributed by atoms with van der Waals surface area (Å²) in [5.41, 5.74) is 0.939. The van der Waals surface area contributed by atoms with Gasteiger partial charge in [0, 0.05) is 69.4 Å². The van der Waals surface area contributed by atoms with Gasteiger partial charge in [0.1, 0.15) is 28.1 Å². The van der Waals surface area contributed by atoms with Gasteiger partial charge in [-0.2, -0.15) is 8.42 Å². The lowest BCUT2D eigenvalue weighted by molar-refractivity contribution is -0.138. The molecule has 0 N–H and O–H groups in total. The summed E-state index contributed by atoms with van der Waals surface area (Å²) in [6.45, 7) is 8.11. The van der Waals surface area contributed by atoms with Crippen LogP contribution in [0.5, 0.6) is 5.75 Å². The van der Waals surface area contributed by atoms with E-state index in [1.165, 1.54) is 41.4 Å². The lowest BCUT2D eigenvalue weighted by Crippen LogP contribution is -2.56. The molecule has 47 heavy (non-hydrogen) atoms. The molecular weight excluding hydrogens is 623 g/mol. The van der Waals surface area contributed by atoms with Crippen molar-refractivity contribution in [1.82, 2.24) is 19.7 Å². The summed E-state index contributed by atoms with van der Waals surface area (Å²) in [5, 5.41) is 1.17. The summed E-state index contributed by atoms with van der Waals surface area (Å²) in [7, 11) is -2.60. The van der Waals surface area contributed by atoms with Crippen molar-refractivity contribution in [1.29, 1.82) is 0 Å². The molecule has 10 nitrogen and oxygen atoms in total. The SMILES string of the molecule is CN(C(=O)OC(C)(C)C)[C@@H](Cc1ccc(OS(=O)(=O)c2cccc3cnccc23)cc1)C(=O)N1CCN(Cc2ccc(F)cc2)CC1. The first-order valence-electron chi connectivity index (χ1n) is 15.4. The van der Waals surface area contributed by atoms with Crippen LogP contribution in [0.25, 0.3) is 10.8 Å². The Morgan fingerprint density at radius 1 is 0.936 bits per heavy atom. The number of likely N-dealkylation sites (N-methyl/N-ethyl adjacent to an activating group) is 1. The number of benzene rings is 3. The first-order chi connectivity index (χ1) is 22.3. The number of rotatable bonds is 9. The van der Waals surface area contributed by atoms with E-state index in [-0.39, 0.29) is 28.8 Å². The second-order valence-corrected chi connectivity index (χ2v) is 14.1. The molecule has 0 saturated carbocycles. The Labute approximate surface area is 274 Å². The second-order valence-electron chi connectivity index (χ2n) is 12.6. The molecule has 0 bridgehead atoms. The van der Waals surface area contributed by atoms with E-state index < -0.39 is 27.9 Å². The smallest absolute Gasteiger partial charge is 0.410 e. The Balaban J connectivity index is 1.29. The van der Waals surface area contributed by atoms with Crippen molar-refractivity contribution in [2.75, 3.05) is 33.2 Å². The number of piperazine rings is 1. The van der Waals surface area contributed by atoms with Gasteiger partial charge in [0.05, 0.1) is 0 Å². The Morgan fingerprint density at radius 3 is 2.26 bits per heavy atom. The standard InChI is InChI=1S/C35H39FN4O6S/c1-35(2,3)45-34(42)38(4)31(33(41)40-20-18-39(19-21-40)24-26-8-12-28(36)13-9-26)22-25-10-14-29(15-11-25)46-47(43,44)32-7-5-6-27-23-37-17-16-30(27)32/h5-17,23,31H,18-22,24H2,1-4H3/t31-/m0/s1. The third kappa shape index (κ3) is 8.63. The van der Waals surface area contributed by atoms with Crippen molar-refractivity contribution >= 4 is 32.9 Å². The number of hydrogen-bond acceptors (Lipinski definition) is 8. The van der Waals surface area contributed by atoms with Crippen molar-refractivity contribution in [2.45, 2.75) is 50.3 Å². The first-order valence-corrected chi connectivity index (χ1v) is 16.8. The van der Waals surface area contributed by atoms with E-state index in [0.29, 0.717) is 49.1 Å². The van der Waals surface area contributed by atoms with Crippen LogP contribution < -0.4 is 4.18 Å². The number of carbonyl (C=O) groups excluding carboxylic acids is 2.